The van der Waals surface area contributed by atoms with Gasteiger partial charge in [0.05, 0.1) is 16.6 Å². The Bertz CT molecular complexity index is 1270. The number of aromatic nitrogens is 2. The van der Waals surface area contributed by atoms with Crippen LogP contribution in [0.4, 0.5) is 8.78 Å². The maximum absolute atomic E-state index is 13.3. The van der Waals surface area contributed by atoms with Crippen LogP contribution in [-0.2, 0) is 4.74 Å². The second-order valence-corrected chi connectivity index (χ2v) is 6.66. The molecule has 1 heterocycles. The molecule has 0 atom stereocenters. The molecule has 0 aliphatic carbocycles. The summed E-state index contributed by atoms with van der Waals surface area (Å²) in [4.78, 5) is 28.9. The summed E-state index contributed by atoms with van der Waals surface area (Å²) in [6.45, 7) is 1.28. The number of esters is 1. The fraction of sp³-hybridized carbons (Fsp3) is 0.0870. The van der Waals surface area contributed by atoms with E-state index in [1.807, 2.05) is 41.8 Å². The Morgan fingerprint density at radius 1 is 0.933 bits per heavy atom. The highest BCUT2D eigenvalue weighted by Crippen LogP contribution is 2.22. The van der Waals surface area contributed by atoms with Crippen LogP contribution in [0.25, 0.3) is 16.7 Å². The van der Waals surface area contributed by atoms with Crippen LogP contribution >= 0.6 is 0 Å². The third-order valence-electron chi connectivity index (χ3n) is 4.65. The maximum Gasteiger partial charge on any atom is 0.338 e. The van der Waals surface area contributed by atoms with Crippen molar-refractivity contribution in [1.82, 2.24) is 9.55 Å². The van der Waals surface area contributed by atoms with Gasteiger partial charge in [-0.2, -0.15) is 0 Å². The van der Waals surface area contributed by atoms with Crippen molar-refractivity contribution in [3.8, 4) is 5.69 Å². The van der Waals surface area contributed by atoms with Crippen molar-refractivity contribution in [2.45, 2.75) is 6.92 Å². The summed E-state index contributed by atoms with van der Waals surface area (Å²) in [7, 11) is 0. The van der Waals surface area contributed by atoms with Gasteiger partial charge < -0.3 is 4.74 Å². The standard InChI is InChI=1S/C23H16F2N2O3/c1-14-26-20-12-16(8-10-21(20)27(14)17-5-3-2-4-6-17)23(29)30-13-22(28)15-7-9-18(24)19(25)11-15/h2-12H,13H2,1H3. The number of carbonyl (C=O) groups excluding carboxylic acids is 2. The lowest BCUT2D eigenvalue weighted by atomic mass is 10.1. The van der Waals surface area contributed by atoms with Crippen molar-refractivity contribution in [3.63, 3.8) is 0 Å². The lowest BCUT2D eigenvalue weighted by Gasteiger charge is -2.07. The zero-order valence-corrected chi connectivity index (χ0v) is 15.9. The SMILES string of the molecule is Cc1nc2cc(C(=O)OCC(=O)c3ccc(F)c(F)c3)ccc2n1-c1ccccc1. The molecule has 0 unspecified atom stereocenters. The third kappa shape index (κ3) is 3.69. The highest BCUT2D eigenvalue weighted by Gasteiger charge is 2.16. The average Bonchev–Trinajstić information content (AvgIpc) is 3.09. The van der Waals surface area contributed by atoms with Crippen LogP contribution in [0.5, 0.6) is 0 Å². The normalized spacial score (nSPS) is 10.9. The maximum atomic E-state index is 13.3. The second kappa shape index (κ2) is 7.87. The molecule has 4 aromatic rings. The molecule has 7 heteroatoms. The summed E-state index contributed by atoms with van der Waals surface area (Å²) in [5, 5.41) is 0. The van der Waals surface area contributed by atoms with E-state index in [9.17, 15) is 18.4 Å². The first-order valence-corrected chi connectivity index (χ1v) is 9.14. The van der Waals surface area contributed by atoms with Gasteiger partial charge in [0.15, 0.2) is 24.0 Å². The van der Waals surface area contributed by atoms with Gasteiger partial charge in [-0.1, -0.05) is 18.2 Å². The molecule has 0 fully saturated rings. The monoisotopic (exact) mass is 406 g/mol. The second-order valence-electron chi connectivity index (χ2n) is 6.66. The van der Waals surface area contributed by atoms with E-state index < -0.39 is 30.0 Å². The van der Waals surface area contributed by atoms with Gasteiger partial charge in [0.2, 0.25) is 0 Å². The number of halogens is 2. The van der Waals surface area contributed by atoms with Crippen molar-refractivity contribution in [1.29, 1.82) is 0 Å². The van der Waals surface area contributed by atoms with Crippen molar-refractivity contribution < 1.29 is 23.1 Å². The minimum atomic E-state index is -1.14. The van der Waals surface area contributed by atoms with Gasteiger partial charge in [-0.15, -0.1) is 0 Å². The fourth-order valence-electron chi connectivity index (χ4n) is 3.20. The molecule has 0 aliphatic rings. The number of Topliss-reactive ketones (excluding diaryl/α,β-unsaturated/α-hetero) is 1. The molecule has 1 aromatic heterocycles. The van der Waals surface area contributed by atoms with E-state index in [4.69, 9.17) is 4.74 Å². The molecular formula is C23H16F2N2O3. The molecular weight excluding hydrogens is 390 g/mol. The molecule has 0 radical (unpaired) electrons. The van der Waals surface area contributed by atoms with E-state index in [1.54, 1.807) is 18.2 Å². The van der Waals surface area contributed by atoms with Crippen LogP contribution in [0.1, 0.15) is 26.5 Å². The number of ether oxygens (including phenoxy) is 1. The quantitative estimate of drug-likeness (QED) is 0.358. The summed E-state index contributed by atoms with van der Waals surface area (Å²) in [6.07, 6.45) is 0. The van der Waals surface area contributed by atoms with Crippen molar-refractivity contribution in [3.05, 3.63) is 95.3 Å². The number of fused-ring (bicyclic) bond motifs is 1. The van der Waals surface area contributed by atoms with Gasteiger partial charge in [0.25, 0.3) is 0 Å². The number of carbonyl (C=O) groups is 2. The van der Waals surface area contributed by atoms with Crippen LogP contribution in [0.2, 0.25) is 0 Å². The van der Waals surface area contributed by atoms with E-state index in [-0.39, 0.29) is 11.1 Å². The van der Waals surface area contributed by atoms with E-state index in [0.717, 1.165) is 35.2 Å². The number of ketones is 1. The summed E-state index contributed by atoms with van der Waals surface area (Å²) < 4.78 is 33.3. The Labute approximate surface area is 170 Å². The van der Waals surface area contributed by atoms with Gasteiger partial charge in [0, 0.05) is 11.3 Å². The molecule has 150 valence electrons. The summed E-state index contributed by atoms with van der Waals surface area (Å²) in [6, 6.07) is 17.4. The molecule has 3 aromatic carbocycles. The summed E-state index contributed by atoms with van der Waals surface area (Å²) in [5.74, 6) is -2.77. The Morgan fingerprint density at radius 2 is 1.67 bits per heavy atom. The Morgan fingerprint density at radius 3 is 2.40 bits per heavy atom. The van der Waals surface area contributed by atoms with Gasteiger partial charge in [0.1, 0.15) is 5.82 Å². The van der Waals surface area contributed by atoms with Crippen LogP contribution in [0.3, 0.4) is 0 Å². The molecule has 0 saturated heterocycles. The van der Waals surface area contributed by atoms with Crippen molar-refractivity contribution in [2.75, 3.05) is 6.61 Å². The molecule has 0 saturated carbocycles. The molecule has 0 amide bonds. The lowest BCUT2D eigenvalue weighted by Crippen LogP contribution is -2.14. The van der Waals surface area contributed by atoms with E-state index in [1.165, 1.54) is 0 Å². The van der Waals surface area contributed by atoms with Crippen LogP contribution in [0, 0.1) is 18.6 Å². The molecule has 0 bridgehead atoms. The first-order chi connectivity index (χ1) is 14.4. The number of hydrogen-bond donors (Lipinski definition) is 0. The Kier molecular flexibility index (Phi) is 5.10. The molecule has 0 N–H and O–H groups in total. The number of nitrogens with zero attached hydrogens (tertiary/aromatic N) is 2. The Hall–Kier alpha value is -3.87. The van der Waals surface area contributed by atoms with Gasteiger partial charge >= 0.3 is 5.97 Å². The van der Waals surface area contributed by atoms with Gasteiger partial charge in [-0.05, 0) is 55.5 Å². The summed E-state index contributed by atoms with van der Waals surface area (Å²) in [5.41, 5.74) is 2.54. The molecule has 30 heavy (non-hydrogen) atoms. The average molecular weight is 406 g/mol. The van der Waals surface area contributed by atoms with Crippen molar-refractivity contribution in [2.24, 2.45) is 0 Å². The molecule has 0 aliphatic heterocycles. The predicted molar refractivity (Wildman–Crippen MR) is 107 cm³/mol. The van der Waals surface area contributed by atoms with Crippen LogP contribution < -0.4 is 0 Å². The fourth-order valence-corrected chi connectivity index (χ4v) is 3.20. The number of benzene rings is 3. The zero-order valence-electron chi connectivity index (χ0n) is 15.9. The van der Waals surface area contributed by atoms with E-state index in [2.05, 4.69) is 4.98 Å². The number of aryl methyl sites for hydroxylation is 1. The molecule has 0 spiro atoms. The first-order valence-electron chi connectivity index (χ1n) is 9.14. The topological polar surface area (TPSA) is 61.2 Å². The van der Waals surface area contributed by atoms with E-state index in [0.29, 0.717) is 5.52 Å². The molecule has 4 rings (SSSR count). The minimum absolute atomic E-state index is 0.0746. The Balaban J connectivity index is 1.52. The highest BCUT2D eigenvalue weighted by molar-refractivity contribution is 6.00. The minimum Gasteiger partial charge on any atom is -0.454 e. The third-order valence-corrected chi connectivity index (χ3v) is 4.65. The lowest BCUT2D eigenvalue weighted by molar-refractivity contribution is 0.0475. The van der Waals surface area contributed by atoms with Crippen molar-refractivity contribution >= 4 is 22.8 Å². The smallest absolute Gasteiger partial charge is 0.338 e. The van der Waals surface area contributed by atoms with Gasteiger partial charge in [-0.25, -0.2) is 18.6 Å². The number of imidazole rings is 1. The summed E-state index contributed by atoms with van der Waals surface area (Å²) >= 11 is 0. The molecule has 5 nitrogen and oxygen atoms in total. The number of hydrogen-bond acceptors (Lipinski definition) is 4. The van der Waals surface area contributed by atoms with Crippen LogP contribution in [-0.4, -0.2) is 27.9 Å². The predicted octanol–water partition coefficient (Wildman–Crippen LogP) is 4.65. The van der Waals surface area contributed by atoms with E-state index >= 15 is 0 Å². The van der Waals surface area contributed by atoms with Gasteiger partial charge in [-0.3, -0.25) is 9.36 Å². The number of para-hydroxylation sites is 1. The highest BCUT2D eigenvalue weighted by atomic mass is 19.2. The van der Waals surface area contributed by atoms with Crippen LogP contribution in [0.15, 0.2) is 66.7 Å². The largest absolute Gasteiger partial charge is 0.454 e. The number of rotatable bonds is 5. The zero-order chi connectivity index (χ0) is 21.3. The first kappa shape index (κ1) is 19.4.